The standard InChI is InChI=1S/C41H72O14P2/c1-4-6-22-28-37(42)29-24-19-15-10-8-7-9-11-16-20-25-30-40(44)51-34-39(35-54-57(49,50)53-33-38(43)32-52-56(46,47)48)55-41(45)31-26-21-17-13-12-14-18-23-27-36(3)5-2/h7-8,11,15-16,19,24,29,36,38-39,43H,4-6,9-10,12-14,17-18,20-23,25-28,30-35H2,1-3H3,(H,49,50)(H2,46,47,48)/b8-7-,16-11-,19-15-,29-24+/t36?,38-,39+/m0/s1. The summed E-state index contributed by atoms with van der Waals surface area (Å²) in [5.41, 5.74) is 0. The Morgan fingerprint density at radius 2 is 1.21 bits per heavy atom. The molecule has 0 saturated carbocycles. The van der Waals surface area contributed by atoms with Gasteiger partial charge in [0, 0.05) is 19.3 Å². The van der Waals surface area contributed by atoms with Gasteiger partial charge in [-0.15, -0.1) is 0 Å². The maximum absolute atomic E-state index is 12.6. The highest BCUT2D eigenvalue weighted by molar-refractivity contribution is 7.47. The van der Waals surface area contributed by atoms with Crippen molar-refractivity contribution in [3.05, 3.63) is 48.6 Å². The molecule has 0 heterocycles. The molecule has 0 amide bonds. The van der Waals surface area contributed by atoms with Crippen molar-refractivity contribution in [1.82, 2.24) is 0 Å². The molecule has 4 atom stereocenters. The van der Waals surface area contributed by atoms with Crippen molar-refractivity contribution < 1.29 is 66.3 Å². The Morgan fingerprint density at radius 3 is 1.88 bits per heavy atom. The van der Waals surface area contributed by atoms with Gasteiger partial charge in [0.1, 0.15) is 12.7 Å². The first-order chi connectivity index (χ1) is 27.2. The van der Waals surface area contributed by atoms with Crippen LogP contribution in [0.25, 0.3) is 0 Å². The number of carbonyl (C=O) groups is 3. The summed E-state index contributed by atoms with van der Waals surface area (Å²) in [6.07, 6.45) is 29.7. The summed E-state index contributed by atoms with van der Waals surface area (Å²) in [4.78, 5) is 64.2. The Bertz CT molecular complexity index is 1280. The van der Waals surface area contributed by atoms with Gasteiger partial charge in [0.25, 0.3) is 0 Å². The van der Waals surface area contributed by atoms with Gasteiger partial charge in [-0.1, -0.05) is 134 Å². The van der Waals surface area contributed by atoms with E-state index in [0.717, 1.165) is 63.7 Å². The SMILES string of the molecule is CCCCCC(=O)/C=C/C=C\C/C=C\C/C=C\CCCC(=O)OC[C@H](COP(=O)(O)OC[C@@H](O)COP(=O)(O)O)OC(=O)CCCCCCCCCCC(C)CC. The lowest BCUT2D eigenvalue weighted by Crippen LogP contribution is -2.30. The fourth-order valence-corrected chi connectivity index (χ4v) is 6.31. The second-order valence-corrected chi connectivity index (χ2v) is 16.9. The van der Waals surface area contributed by atoms with E-state index < -0.39 is 66.2 Å². The van der Waals surface area contributed by atoms with E-state index in [9.17, 15) is 33.5 Å². The van der Waals surface area contributed by atoms with E-state index in [4.69, 9.17) is 23.8 Å². The lowest BCUT2D eigenvalue weighted by atomic mass is 9.99. The van der Waals surface area contributed by atoms with E-state index in [1.54, 1.807) is 12.2 Å². The molecule has 4 N–H and O–H groups in total. The molecule has 0 aromatic heterocycles. The summed E-state index contributed by atoms with van der Waals surface area (Å²) < 4.78 is 47.6. The highest BCUT2D eigenvalue weighted by Crippen LogP contribution is 2.43. The van der Waals surface area contributed by atoms with Crippen molar-refractivity contribution in [3.8, 4) is 0 Å². The fraction of sp³-hybridized carbons (Fsp3) is 0.732. The Balaban J connectivity index is 4.68. The number of rotatable bonds is 38. The zero-order valence-corrected chi connectivity index (χ0v) is 36.4. The zero-order chi connectivity index (χ0) is 42.6. The number of ketones is 1. The highest BCUT2D eigenvalue weighted by atomic mass is 31.2. The van der Waals surface area contributed by atoms with Crippen molar-refractivity contribution in [1.29, 1.82) is 0 Å². The quantitative estimate of drug-likeness (QED) is 0.0114. The molecule has 0 spiro atoms. The highest BCUT2D eigenvalue weighted by Gasteiger charge is 2.28. The molecular weight excluding hydrogens is 778 g/mol. The molecule has 16 heteroatoms. The van der Waals surface area contributed by atoms with Crippen LogP contribution in [0.5, 0.6) is 0 Å². The molecule has 0 bridgehead atoms. The maximum Gasteiger partial charge on any atom is 0.472 e. The molecule has 0 aromatic rings. The van der Waals surface area contributed by atoms with Gasteiger partial charge in [0.2, 0.25) is 0 Å². The second kappa shape index (κ2) is 35.7. The normalized spacial score (nSPS) is 15.1. The van der Waals surface area contributed by atoms with Gasteiger partial charge >= 0.3 is 27.6 Å². The van der Waals surface area contributed by atoms with Crippen LogP contribution in [0.15, 0.2) is 48.6 Å². The molecule has 0 fully saturated rings. The number of allylic oxidation sites excluding steroid dienone is 8. The number of carbonyl (C=O) groups excluding carboxylic acids is 3. The summed E-state index contributed by atoms with van der Waals surface area (Å²) in [5.74, 6) is -0.211. The third-order valence-electron chi connectivity index (χ3n) is 8.73. The van der Waals surface area contributed by atoms with Gasteiger partial charge in [0.05, 0.1) is 19.8 Å². The van der Waals surface area contributed by atoms with Crippen molar-refractivity contribution in [2.75, 3.05) is 26.4 Å². The first-order valence-corrected chi connectivity index (χ1v) is 23.7. The van der Waals surface area contributed by atoms with Crippen LogP contribution in [0, 0.1) is 5.92 Å². The molecule has 0 aliphatic heterocycles. The van der Waals surface area contributed by atoms with Gasteiger partial charge in [-0.2, -0.15) is 0 Å². The molecule has 330 valence electrons. The van der Waals surface area contributed by atoms with E-state index in [0.29, 0.717) is 25.7 Å². The van der Waals surface area contributed by atoms with E-state index in [2.05, 4.69) is 29.8 Å². The van der Waals surface area contributed by atoms with Crippen LogP contribution >= 0.6 is 15.6 Å². The van der Waals surface area contributed by atoms with Gasteiger partial charge in [-0.3, -0.25) is 28.0 Å². The molecule has 0 aromatic carbocycles. The molecule has 14 nitrogen and oxygen atoms in total. The number of aliphatic hydroxyl groups excluding tert-OH is 1. The van der Waals surface area contributed by atoms with Crippen LogP contribution in [-0.4, -0.2) is 76.1 Å². The van der Waals surface area contributed by atoms with Crippen LogP contribution < -0.4 is 0 Å². The van der Waals surface area contributed by atoms with Crippen LogP contribution in [-0.2, 0) is 46.6 Å². The monoisotopic (exact) mass is 850 g/mol. The molecule has 2 unspecified atom stereocenters. The number of phosphoric acid groups is 2. The molecule has 0 saturated heterocycles. The summed E-state index contributed by atoms with van der Waals surface area (Å²) in [6, 6.07) is 0. The average molecular weight is 851 g/mol. The molecule has 57 heavy (non-hydrogen) atoms. The third kappa shape index (κ3) is 39.0. The average Bonchev–Trinajstić information content (AvgIpc) is 3.16. The smallest absolute Gasteiger partial charge is 0.462 e. The number of phosphoric ester groups is 2. The molecule has 0 aliphatic rings. The lowest BCUT2D eigenvalue weighted by Gasteiger charge is -2.20. The van der Waals surface area contributed by atoms with E-state index >= 15 is 0 Å². The minimum Gasteiger partial charge on any atom is -0.462 e. The van der Waals surface area contributed by atoms with Crippen molar-refractivity contribution in [2.24, 2.45) is 5.92 Å². The largest absolute Gasteiger partial charge is 0.472 e. The number of aliphatic hydroxyl groups is 1. The maximum atomic E-state index is 12.6. The second-order valence-electron chi connectivity index (χ2n) is 14.2. The van der Waals surface area contributed by atoms with Crippen molar-refractivity contribution in [3.63, 3.8) is 0 Å². The number of ether oxygens (including phenoxy) is 2. The van der Waals surface area contributed by atoms with Gasteiger partial charge in [0.15, 0.2) is 11.9 Å². The number of hydrogen-bond donors (Lipinski definition) is 4. The number of hydrogen-bond acceptors (Lipinski definition) is 11. The van der Waals surface area contributed by atoms with Crippen LogP contribution in [0.4, 0.5) is 0 Å². The first-order valence-electron chi connectivity index (χ1n) is 20.7. The lowest BCUT2D eigenvalue weighted by molar-refractivity contribution is -0.161. The minimum absolute atomic E-state index is 0.0924. The molecular formula is C41H72O14P2. The Hall–Kier alpha value is -2.25. The summed E-state index contributed by atoms with van der Waals surface area (Å²) in [5, 5.41) is 9.72. The zero-order valence-electron chi connectivity index (χ0n) is 34.6. The number of unbranched alkanes of at least 4 members (excludes halogenated alkanes) is 10. The Kier molecular flexibility index (Phi) is 34.3. The van der Waals surface area contributed by atoms with Crippen molar-refractivity contribution >= 4 is 33.4 Å². The predicted molar refractivity (Wildman–Crippen MR) is 221 cm³/mol. The van der Waals surface area contributed by atoms with E-state index in [1.807, 2.05) is 36.5 Å². The van der Waals surface area contributed by atoms with Crippen LogP contribution in [0.1, 0.15) is 149 Å². The van der Waals surface area contributed by atoms with Crippen LogP contribution in [0.3, 0.4) is 0 Å². The minimum atomic E-state index is -4.87. The first kappa shape index (κ1) is 54.8. The van der Waals surface area contributed by atoms with Gasteiger partial charge in [-0.05, 0) is 50.5 Å². The van der Waals surface area contributed by atoms with Crippen LogP contribution in [0.2, 0.25) is 0 Å². The third-order valence-corrected chi connectivity index (χ3v) is 10.2. The summed E-state index contributed by atoms with van der Waals surface area (Å²) in [7, 11) is -9.70. The van der Waals surface area contributed by atoms with Crippen molar-refractivity contribution in [2.45, 2.75) is 161 Å². The van der Waals surface area contributed by atoms with E-state index in [-0.39, 0.29) is 18.6 Å². The Labute approximate surface area is 341 Å². The molecule has 0 rings (SSSR count). The van der Waals surface area contributed by atoms with Gasteiger partial charge in [-0.25, -0.2) is 9.13 Å². The summed E-state index contributed by atoms with van der Waals surface area (Å²) >= 11 is 0. The topological polar surface area (TPSA) is 212 Å². The summed E-state index contributed by atoms with van der Waals surface area (Å²) in [6.45, 7) is 3.79. The fourth-order valence-electron chi connectivity index (χ4n) is 5.15. The van der Waals surface area contributed by atoms with Gasteiger partial charge < -0.3 is 29.3 Å². The predicted octanol–water partition coefficient (Wildman–Crippen LogP) is 9.32. The molecule has 0 aliphatic carbocycles. The Morgan fingerprint density at radius 1 is 0.632 bits per heavy atom. The molecule has 0 radical (unpaired) electrons. The number of esters is 2. The van der Waals surface area contributed by atoms with E-state index in [1.165, 1.54) is 32.1 Å².